The molecule has 1 aromatic rings. The Kier molecular flexibility index (Phi) is 4.05. The fraction of sp³-hybridized carbons (Fsp3) is 0.100. The van der Waals surface area contributed by atoms with Crippen molar-refractivity contribution in [1.82, 2.24) is 0 Å². The Labute approximate surface area is 90.3 Å². The molecule has 1 rings (SSSR count). The quantitative estimate of drug-likeness (QED) is 0.463. The van der Waals surface area contributed by atoms with Crippen LogP contribution in [0.2, 0.25) is 0 Å². The van der Waals surface area contributed by atoms with Gasteiger partial charge in [0.25, 0.3) is 0 Å². The van der Waals surface area contributed by atoms with Gasteiger partial charge in [0.05, 0.1) is 5.56 Å². The lowest BCUT2D eigenvalue weighted by atomic mass is 10.2. The molecule has 0 spiro atoms. The summed E-state index contributed by atoms with van der Waals surface area (Å²) in [6.45, 7) is 0. The van der Waals surface area contributed by atoms with Gasteiger partial charge in [-0.25, -0.2) is 4.79 Å². The maximum absolute atomic E-state index is 10.5. The second-order valence-corrected chi connectivity index (χ2v) is 3.94. The number of rotatable bonds is 5. The van der Waals surface area contributed by atoms with Gasteiger partial charge >= 0.3 is 5.97 Å². The average molecular weight is 224 g/mol. The molecule has 0 heterocycles. The molecule has 0 bridgehead atoms. The number of hydrogen-bond acceptors (Lipinski definition) is 4. The molecular formula is C10H8O4S. The summed E-state index contributed by atoms with van der Waals surface area (Å²) in [6.07, 6.45) is 1.09. The first-order chi connectivity index (χ1) is 7.17. The van der Waals surface area contributed by atoms with E-state index in [1.165, 1.54) is 12.1 Å². The van der Waals surface area contributed by atoms with Crippen molar-refractivity contribution in [2.75, 3.05) is 0 Å². The van der Waals surface area contributed by atoms with Gasteiger partial charge in [-0.2, -0.15) is 0 Å². The summed E-state index contributed by atoms with van der Waals surface area (Å²) in [5.74, 6) is -1.01. The van der Waals surface area contributed by atoms with Crippen molar-refractivity contribution in [3.05, 3.63) is 29.8 Å². The topological polar surface area (TPSA) is 71.4 Å². The van der Waals surface area contributed by atoms with Gasteiger partial charge in [-0.15, -0.1) is 11.8 Å². The number of aromatic carboxylic acids is 1. The zero-order valence-corrected chi connectivity index (χ0v) is 8.44. The third-order valence-electron chi connectivity index (χ3n) is 1.64. The number of carboxylic acids is 1. The Bertz CT molecular complexity index is 364. The van der Waals surface area contributed by atoms with E-state index in [0.29, 0.717) is 17.5 Å². The van der Waals surface area contributed by atoms with E-state index in [2.05, 4.69) is 0 Å². The maximum Gasteiger partial charge on any atom is 0.335 e. The van der Waals surface area contributed by atoms with Crippen molar-refractivity contribution in [2.45, 2.75) is 10.1 Å². The molecule has 0 aromatic heterocycles. The number of benzene rings is 1. The molecule has 0 aliphatic rings. The smallest absolute Gasteiger partial charge is 0.335 e. The first-order valence-electron chi connectivity index (χ1n) is 4.08. The second kappa shape index (κ2) is 5.31. The van der Waals surface area contributed by atoms with E-state index in [1.54, 1.807) is 12.1 Å². The molecule has 1 N–H and O–H groups in total. The molecule has 78 valence electrons. The summed E-state index contributed by atoms with van der Waals surface area (Å²) < 4.78 is 0. The third-order valence-corrected chi connectivity index (χ3v) is 2.68. The molecule has 0 atom stereocenters. The Hall–Kier alpha value is -1.62. The summed E-state index contributed by atoms with van der Waals surface area (Å²) in [6, 6.07) is 5.98. The van der Waals surface area contributed by atoms with Crippen LogP contribution in [0.3, 0.4) is 0 Å². The van der Waals surface area contributed by atoms with Gasteiger partial charge < -0.3 is 14.7 Å². The van der Waals surface area contributed by atoms with Gasteiger partial charge in [-0.3, -0.25) is 0 Å². The Morgan fingerprint density at radius 2 is 1.73 bits per heavy atom. The van der Waals surface area contributed by atoms with E-state index >= 15 is 0 Å². The molecule has 15 heavy (non-hydrogen) atoms. The van der Waals surface area contributed by atoms with Crippen molar-refractivity contribution in [3.8, 4) is 0 Å². The van der Waals surface area contributed by atoms with Crippen LogP contribution >= 0.6 is 11.8 Å². The highest BCUT2D eigenvalue weighted by molar-refractivity contribution is 8.01. The van der Waals surface area contributed by atoms with Gasteiger partial charge in [-0.05, 0) is 24.3 Å². The number of carbonyl (C=O) groups is 3. The Balaban J connectivity index is 2.76. The van der Waals surface area contributed by atoms with E-state index in [1.807, 2.05) is 0 Å². The fourth-order valence-electron chi connectivity index (χ4n) is 0.921. The summed E-state index contributed by atoms with van der Waals surface area (Å²) in [5, 5.41) is 7.90. The molecule has 5 heteroatoms. The van der Waals surface area contributed by atoms with E-state index in [-0.39, 0.29) is 5.56 Å². The molecule has 0 saturated heterocycles. The summed E-state index contributed by atoms with van der Waals surface area (Å²) >= 11 is 1.08. The molecule has 1 aromatic carbocycles. The monoisotopic (exact) mass is 224 g/mol. The normalized spacial score (nSPS) is 9.93. The predicted octanol–water partition coefficient (Wildman–Crippen LogP) is 1.24. The predicted molar refractivity (Wildman–Crippen MR) is 55.2 cm³/mol. The van der Waals surface area contributed by atoms with Crippen molar-refractivity contribution in [2.24, 2.45) is 0 Å². The molecule has 0 amide bonds. The minimum atomic E-state index is -1.01. The van der Waals surface area contributed by atoms with Crippen molar-refractivity contribution >= 4 is 30.3 Å². The van der Waals surface area contributed by atoms with Crippen LogP contribution in [0, 0.1) is 0 Å². The van der Waals surface area contributed by atoms with E-state index in [4.69, 9.17) is 5.11 Å². The van der Waals surface area contributed by atoms with Gasteiger partial charge in [0.1, 0.15) is 17.8 Å². The van der Waals surface area contributed by atoms with Crippen molar-refractivity contribution < 1.29 is 19.5 Å². The summed E-state index contributed by atoms with van der Waals surface area (Å²) in [4.78, 5) is 32.0. The number of aldehydes is 2. The van der Waals surface area contributed by atoms with Crippen molar-refractivity contribution in [1.29, 1.82) is 0 Å². The largest absolute Gasteiger partial charge is 0.478 e. The molecular weight excluding hydrogens is 216 g/mol. The third kappa shape index (κ3) is 3.21. The fourth-order valence-corrected chi connectivity index (χ4v) is 1.64. The number of thioether (sulfide) groups is 1. The molecule has 0 aliphatic carbocycles. The van der Waals surface area contributed by atoms with Crippen LogP contribution in [0.1, 0.15) is 10.4 Å². The highest BCUT2D eigenvalue weighted by atomic mass is 32.2. The van der Waals surface area contributed by atoms with Crippen LogP contribution in [0.5, 0.6) is 0 Å². The van der Waals surface area contributed by atoms with Crippen LogP contribution < -0.4 is 0 Å². The number of carbonyl (C=O) groups excluding carboxylic acids is 2. The lowest BCUT2D eigenvalue weighted by Crippen LogP contribution is -2.04. The molecule has 0 unspecified atom stereocenters. The van der Waals surface area contributed by atoms with Crippen molar-refractivity contribution in [3.63, 3.8) is 0 Å². The molecule has 0 saturated carbocycles. The number of hydrogen-bond donors (Lipinski definition) is 1. The lowest BCUT2D eigenvalue weighted by Gasteiger charge is -2.02. The SMILES string of the molecule is O=CC(C=O)Sc1ccc(C(=O)O)cc1. The van der Waals surface area contributed by atoms with Crippen LogP contribution in [-0.2, 0) is 9.59 Å². The zero-order chi connectivity index (χ0) is 11.3. The van der Waals surface area contributed by atoms with E-state index in [9.17, 15) is 14.4 Å². The second-order valence-electron chi connectivity index (χ2n) is 2.68. The molecule has 0 fully saturated rings. The first kappa shape index (κ1) is 11.5. The van der Waals surface area contributed by atoms with Gasteiger partial charge in [0, 0.05) is 4.90 Å². The first-order valence-corrected chi connectivity index (χ1v) is 4.96. The Morgan fingerprint density at radius 1 is 1.20 bits per heavy atom. The van der Waals surface area contributed by atoms with E-state index < -0.39 is 11.2 Å². The summed E-state index contributed by atoms with van der Waals surface area (Å²) in [5.41, 5.74) is 0.174. The highest BCUT2D eigenvalue weighted by Crippen LogP contribution is 2.21. The van der Waals surface area contributed by atoms with Gasteiger partial charge in [-0.1, -0.05) is 0 Å². The average Bonchev–Trinajstić information content (AvgIpc) is 2.26. The van der Waals surface area contributed by atoms with Gasteiger partial charge in [0.15, 0.2) is 0 Å². The van der Waals surface area contributed by atoms with Crippen LogP contribution in [0.4, 0.5) is 0 Å². The minimum absolute atomic E-state index is 0.174. The molecule has 4 nitrogen and oxygen atoms in total. The Morgan fingerprint density at radius 3 is 2.13 bits per heavy atom. The number of carboxylic acid groups (broad SMARTS) is 1. The summed E-state index contributed by atoms with van der Waals surface area (Å²) in [7, 11) is 0. The van der Waals surface area contributed by atoms with Crippen LogP contribution in [0.25, 0.3) is 0 Å². The highest BCUT2D eigenvalue weighted by Gasteiger charge is 2.08. The maximum atomic E-state index is 10.5. The lowest BCUT2D eigenvalue weighted by molar-refractivity contribution is -0.113. The van der Waals surface area contributed by atoms with Crippen LogP contribution in [-0.4, -0.2) is 28.9 Å². The molecule has 0 radical (unpaired) electrons. The molecule has 0 aliphatic heterocycles. The van der Waals surface area contributed by atoms with Gasteiger partial charge in [0.2, 0.25) is 0 Å². The zero-order valence-electron chi connectivity index (χ0n) is 7.62. The minimum Gasteiger partial charge on any atom is -0.478 e. The van der Waals surface area contributed by atoms with Crippen LogP contribution in [0.15, 0.2) is 29.2 Å². The standard InChI is InChI=1S/C10H8O4S/c11-5-9(6-12)15-8-3-1-7(2-4-8)10(13)14/h1-6,9H,(H,13,14). The van der Waals surface area contributed by atoms with E-state index in [0.717, 1.165) is 11.8 Å².